The van der Waals surface area contributed by atoms with Crippen molar-refractivity contribution in [3.05, 3.63) is 22.8 Å². The van der Waals surface area contributed by atoms with Gasteiger partial charge in [-0.1, -0.05) is 5.57 Å². The highest BCUT2D eigenvalue weighted by Crippen LogP contribution is 2.29. The number of rotatable bonds is 2. The first-order valence-corrected chi connectivity index (χ1v) is 4.62. The van der Waals surface area contributed by atoms with Crippen molar-refractivity contribution < 1.29 is 14.7 Å². The fraction of sp³-hybridized carbons (Fsp3) is 0.455. The summed E-state index contributed by atoms with van der Waals surface area (Å²) >= 11 is 0. The van der Waals surface area contributed by atoms with Gasteiger partial charge in [-0.15, -0.1) is 0 Å². The largest absolute Gasteiger partial charge is 0.478 e. The molecule has 0 aliphatic heterocycles. The average molecular weight is 194 g/mol. The van der Waals surface area contributed by atoms with E-state index in [9.17, 15) is 9.59 Å². The van der Waals surface area contributed by atoms with Crippen LogP contribution in [-0.2, 0) is 9.59 Å². The molecule has 3 nitrogen and oxygen atoms in total. The summed E-state index contributed by atoms with van der Waals surface area (Å²) in [6.07, 6.45) is 3.63. The highest BCUT2D eigenvalue weighted by molar-refractivity contribution is 5.88. The summed E-state index contributed by atoms with van der Waals surface area (Å²) in [4.78, 5) is 21.5. The van der Waals surface area contributed by atoms with Gasteiger partial charge in [-0.2, -0.15) is 0 Å². The van der Waals surface area contributed by atoms with Crippen LogP contribution in [0.1, 0.15) is 26.7 Å². The summed E-state index contributed by atoms with van der Waals surface area (Å²) in [5.41, 5.74) is 2.28. The van der Waals surface area contributed by atoms with Gasteiger partial charge < -0.3 is 9.90 Å². The van der Waals surface area contributed by atoms with Crippen molar-refractivity contribution in [1.29, 1.82) is 0 Å². The van der Waals surface area contributed by atoms with Crippen molar-refractivity contribution in [3.63, 3.8) is 0 Å². The van der Waals surface area contributed by atoms with E-state index >= 15 is 0 Å². The van der Waals surface area contributed by atoms with Gasteiger partial charge in [0, 0.05) is 11.5 Å². The lowest BCUT2D eigenvalue weighted by molar-refractivity contribution is -0.133. The third kappa shape index (κ3) is 2.10. The lowest BCUT2D eigenvalue weighted by Gasteiger charge is -2.19. The Labute approximate surface area is 83.1 Å². The van der Waals surface area contributed by atoms with Crippen LogP contribution < -0.4 is 0 Å². The second-order valence-corrected chi connectivity index (χ2v) is 3.71. The molecule has 3 heteroatoms. The predicted molar refractivity (Wildman–Crippen MR) is 52.9 cm³/mol. The number of carbonyl (C=O) groups is 2. The number of aliphatic carboxylic acids is 1. The molecule has 0 radical (unpaired) electrons. The molecule has 1 unspecified atom stereocenters. The monoisotopic (exact) mass is 194 g/mol. The molecular formula is C11H14O3. The van der Waals surface area contributed by atoms with E-state index < -0.39 is 5.97 Å². The topological polar surface area (TPSA) is 54.4 Å². The molecule has 1 atom stereocenters. The first-order chi connectivity index (χ1) is 6.56. The molecule has 0 heterocycles. The maximum absolute atomic E-state index is 10.7. The number of carboxylic acids is 1. The molecule has 0 fully saturated rings. The molecule has 0 bridgehead atoms. The molecular weight excluding hydrogens is 180 g/mol. The molecule has 1 aliphatic carbocycles. The number of allylic oxidation sites excluding steroid dienone is 3. The maximum atomic E-state index is 10.7. The van der Waals surface area contributed by atoms with Crippen molar-refractivity contribution >= 4 is 12.3 Å². The zero-order valence-electron chi connectivity index (χ0n) is 8.41. The summed E-state index contributed by atoms with van der Waals surface area (Å²) < 4.78 is 0. The molecule has 1 aliphatic rings. The smallest absolute Gasteiger partial charge is 0.331 e. The Balaban J connectivity index is 3.07. The van der Waals surface area contributed by atoms with Gasteiger partial charge in [-0.3, -0.25) is 0 Å². The normalized spacial score (nSPS) is 21.4. The number of carbonyl (C=O) groups excluding carboxylic acids is 1. The molecule has 0 saturated carbocycles. The van der Waals surface area contributed by atoms with Crippen LogP contribution in [0.4, 0.5) is 0 Å². The number of carboxylic acid groups (broad SMARTS) is 1. The van der Waals surface area contributed by atoms with Crippen LogP contribution >= 0.6 is 0 Å². The fourth-order valence-electron chi connectivity index (χ4n) is 1.66. The Kier molecular flexibility index (Phi) is 3.23. The van der Waals surface area contributed by atoms with Crippen LogP contribution in [0.3, 0.4) is 0 Å². The van der Waals surface area contributed by atoms with E-state index in [0.29, 0.717) is 18.4 Å². The van der Waals surface area contributed by atoms with Gasteiger partial charge >= 0.3 is 5.97 Å². The zero-order valence-corrected chi connectivity index (χ0v) is 8.41. The average Bonchev–Trinajstić information content (AvgIpc) is 2.16. The van der Waals surface area contributed by atoms with Gasteiger partial charge in [-0.05, 0) is 38.3 Å². The molecule has 0 saturated heterocycles. The standard InChI is InChI=1S/C11H14O3/c1-7(2)10-5-8(11(13)14)3-4-9(10)6-12/h5-6,9H,3-4H2,1-2H3,(H,13,14). The molecule has 0 aromatic carbocycles. The summed E-state index contributed by atoms with van der Waals surface area (Å²) in [6, 6.07) is 0. The fourth-order valence-corrected chi connectivity index (χ4v) is 1.66. The van der Waals surface area contributed by atoms with E-state index in [4.69, 9.17) is 5.11 Å². The molecule has 0 amide bonds. The van der Waals surface area contributed by atoms with Gasteiger partial charge in [0.05, 0.1) is 0 Å². The van der Waals surface area contributed by atoms with E-state index in [1.54, 1.807) is 6.08 Å². The van der Waals surface area contributed by atoms with Crippen LogP contribution in [0.5, 0.6) is 0 Å². The van der Waals surface area contributed by atoms with Gasteiger partial charge in [0.2, 0.25) is 0 Å². The second-order valence-electron chi connectivity index (χ2n) is 3.71. The Bertz CT molecular complexity index is 319. The highest BCUT2D eigenvalue weighted by Gasteiger charge is 2.22. The molecule has 0 aromatic rings. The van der Waals surface area contributed by atoms with E-state index in [0.717, 1.165) is 17.4 Å². The number of aldehydes is 1. The van der Waals surface area contributed by atoms with Crippen molar-refractivity contribution in [2.45, 2.75) is 26.7 Å². The third-order valence-corrected chi connectivity index (χ3v) is 2.47. The Morgan fingerprint density at radius 3 is 2.64 bits per heavy atom. The van der Waals surface area contributed by atoms with Crippen LogP contribution in [0.2, 0.25) is 0 Å². The second kappa shape index (κ2) is 4.22. The Morgan fingerprint density at radius 1 is 1.57 bits per heavy atom. The SMILES string of the molecule is CC(C)=C1C=C(C(=O)O)CCC1C=O. The predicted octanol–water partition coefficient (Wildman–Crippen LogP) is 1.94. The lowest BCUT2D eigenvalue weighted by Crippen LogP contribution is -2.15. The molecule has 0 spiro atoms. The lowest BCUT2D eigenvalue weighted by atomic mass is 9.84. The summed E-state index contributed by atoms with van der Waals surface area (Å²) in [6.45, 7) is 3.79. The summed E-state index contributed by atoms with van der Waals surface area (Å²) in [5.74, 6) is -1.00. The quantitative estimate of drug-likeness (QED) is 0.683. The van der Waals surface area contributed by atoms with E-state index in [1.165, 1.54) is 0 Å². The van der Waals surface area contributed by atoms with E-state index in [-0.39, 0.29) is 5.92 Å². The minimum Gasteiger partial charge on any atom is -0.478 e. The van der Waals surface area contributed by atoms with Crippen molar-refractivity contribution in [1.82, 2.24) is 0 Å². The molecule has 1 N–H and O–H groups in total. The molecule has 0 aromatic heterocycles. The van der Waals surface area contributed by atoms with Crippen molar-refractivity contribution in [2.75, 3.05) is 0 Å². The summed E-state index contributed by atoms with van der Waals surface area (Å²) in [7, 11) is 0. The summed E-state index contributed by atoms with van der Waals surface area (Å²) in [5, 5.41) is 8.82. The van der Waals surface area contributed by atoms with E-state index in [1.807, 2.05) is 13.8 Å². The van der Waals surface area contributed by atoms with Crippen molar-refractivity contribution in [3.8, 4) is 0 Å². The van der Waals surface area contributed by atoms with Gasteiger partial charge in [0.15, 0.2) is 0 Å². The number of hydrogen-bond acceptors (Lipinski definition) is 2. The van der Waals surface area contributed by atoms with Crippen LogP contribution in [0, 0.1) is 5.92 Å². The van der Waals surface area contributed by atoms with Gasteiger partial charge in [0.25, 0.3) is 0 Å². The third-order valence-electron chi connectivity index (χ3n) is 2.47. The highest BCUT2D eigenvalue weighted by atomic mass is 16.4. The maximum Gasteiger partial charge on any atom is 0.331 e. The van der Waals surface area contributed by atoms with E-state index in [2.05, 4.69) is 0 Å². The van der Waals surface area contributed by atoms with Crippen LogP contribution in [0.25, 0.3) is 0 Å². The Morgan fingerprint density at radius 2 is 2.21 bits per heavy atom. The first kappa shape index (κ1) is 10.7. The zero-order chi connectivity index (χ0) is 10.7. The van der Waals surface area contributed by atoms with Gasteiger partial charge in [0.1, 0.15) is 6.29 Å². The Hall–Kier alpha value is -1.38. The minimum absolute atomic E-state index is 0.122. The van der Waals surface area contributed by atoms with Crippen molar-refractivity contribution in [2.24, 2.45) is 5.92 Å². The first-order valence-electron chi connectivity index (χ1n) is 4.62. The van der Waals surface area contributed by atoms with Gasteiger partial charge in [-0.25, -0.2) is 4.79 Å². The van der Waals surface area contributed by atoms with Crippen LogP contribution in [-0.4, -0.2) is 17.4 Å². The molecule has 14 heavy (non-hydrogen) atoms. The molecule has 1 rings (SSSR count). The molecule has 76 valence electrons. The van der Waals surface area contributed by atoms with Crippen LogP contribution in [0.15, 0.2) is 22.8 Å². The number of hydrogen-bond donors (Lipinski definition) is 1. The minimum atomic E-state index is -0.881.